The summed E-state index contributed by atoms with van der Waals surface area (Å²) in [6.07, 6.45) is 11.3. The van der Waals surface area contributed by atoms with Crippen molar-refractivity contribution in [3.63, 3.8) is 0 Å². The van der Waals surface area contributed by atoms with Crippen LogP contribution in [0.3, 0.4) is 0 Å². The van der Waals surface area contributed by atoms with Gasteiger partial charge in [0.25, 0.3) is 5.91 Å². The molecule has 0 aromatic carbocycles. The van der Waals surface area contributed by atoms with Crippen molar-refractivity contribution in [2.75, 3.05) is 13.7 Å². The van der Waals surface area contributed by atoms with E-state index in [2.05, 4.69) is 27.5 Å². The Morgan fingerprint density at radius 1 is 1.11 bits per heavy atom. The highest BCUT2D eigenvalue weighted by Gasteiger charge is 2.46. The van der Waals surface area contributed by atoms with Crippen molar-refractivity contribution in [1.29, 1.82) is 0 Å². The lowest BCUT2D eigenvalue weighted by atomic mass is 9.82. The van der Waals surface area contributed by atoms with Gasteiger partial charge in [-0.2, -0.15) is 0 Å². The Kier molecular flexibility index (Phi) is 10.2. The lowest BCUT2D eigenvalue weighted by molar-refractivity contribution is -0.153. The number of carbonyl (C=O) groups excluding carboxylic acids is 4. The van der Waals surface area contributed by atoms with Crippen LogP contribution in [0.2, 0.25) is 0 Å². The number of aromatic nitrogens is 2. The van der Waals surface area contributed by atoms with Gasteiger partial charge in [0.1, 0.15) is 23.8 Å². The topological polar surface area (TPSA) is 131 Å². The molecule has 1 aliphatic heterocycles. The Balaban J connectivity index is 1.84. The third-order valence-electron chi connectivity index (χ3n) is 7.73. The Morgan fingerprint density at radius 2 is 1.82 bits per heavy atom. The zero-order chi connectivity index (χ0) is 27.9. The Bertz CT molecular complexity index is 974. The second-order valence-electron chi connectivity index (χ2n) is 11.7. The standard InChI is InChI=1S/C28H43N5O5/c1-6-10-18-15-21(27(37)38-5)33(17-18)26(36)23(28(2,3)4)32-25(35)22(19-11-8-7-9-12-19)31-24(34)20-16-29-13-14-30-20/h13-14,16,18-19,21-23H,6-12,15,17H2,1-5H3,(H,31,34)(H,32,35)/t18-,21+,22+,23-/m1/s1. The molecule has 2 heterocycles. The molecular formula is C28H43N5O5. The first-order valence-corrected chi connectivity index (χ1v) is 13.8. The monoisotopic (exact) mass is 529 g/mol. The van der Waals surface area contributed by atoms with Gasteiger partial charge in [-0.25, -0.2) is 9.78 Å². The highest BCUT2D eigenvalue weighted by atomic mass is 16.5. The number of nitrogens with one attached hydrogen (secondary N) is 2. The molecule has 10 heteroatoms. The van der Waals surface area contributed by atoms with Crippen LogP contribution in [0.25, 0.3) is 0 Å². The van der Waals surface area contributed by atoms with E-state index in [1.165, 1.54) is 25.7 Å². The van der Waals surface area contributed by atoms with Crippen LogP contribution in [0.4, 0.5) is 0 Å². The minimum atomic E-state index is -0.887. The second-order valence-corrected chi connectivity index (χ2v) is 11.7. The molecule has 38 heavy (non-hydrogen) atoms. The predicted molar refractivity (Wildman–Crippen MR) is 142 cm³/mol. The van der Waals surface area contributed by atoms with Crippen LogP contribution in [0.1, 0.15) is 89.5 Å². The fourth-order valence-electron chi connectivity index (χ4n) is 5.69. The van der Waals surface area contributed by atoms with Gasteiger partial charge in [-0.05, 0) is 42.9 Å². The molecule has 1 saturated carbocycles. The summed E-state index contributed by atoms with van der Waals surface area (Å²) in [4.78, 5) is 62.9. The Labute approximate surface area is 225 Å². The normalized spacial score (nSPS) is 21.9. The average molecular weight is 530 g/mol. The van der Waals surface area contributed by atoms with Gasteiger partial charge in [0, 0.05) is 18.9 Å². The molecule has 210 valence electrons. The maximum Gasteiger partial charge on any atom is 0.328 e. The van der Waals surface area contributed by atoms with Crippen LogP contribution in [0.5, 0.6) is 0 Å². The van der Waals surface area contributed by atoms with Crippen molar-refractivity contribution in [1.82, 2.24) is 25.5 Å². The number of ether oxygens (including phenoxy) is 1. The van der Waals surface area contributed by atoms with Gasteiger partial charge in [-0.1, -0.05) is 53.4 Å². The molecule has 2 N–H and O–H groups in total. The first-order chi connectivity index (χ1) is 18.1. The highest BCUT2D eigenvalue weighted by molar-refractivity contribution is 5.97. The van der Waals surface area contributed by atoms with E-state index in [4.69, 9.17) is 4.74 Å². The van der Waals surface area contributed by atoms with E-state index >= 15 is 0 Å². The lowest BCUT2D eigenvalue weighted by Crippen LogP contribution is -2.61. The highest BCUT2D eigenvalue weighted by Crippen LogP contribution is 2.32. The number of esters is 1. The molecule has 3 amide bonds. The van der Waals surface area contributed by atoms with Gasteiger partial charge in [0.05, 0.1) is 13.3 Å². The number of carbonyl (C=O) groups is 4. The first-order valence-electron chi connectivity index (χ1n) is 13.8. The molecule has 0 radical (unpaired) electrons. The van der Waals surface area contributed by atoms with Crippen molar-refractivity contribution in [2.24, 2.45) is 17.3 Å². The SMILES string of the molecule is CCC[C@@H]1C[C@@H](C(=O)OC)N(C(=O)[C@@H](NC(=O)[C@@H](NC(=O)c2cnccn2)C2CCCCC2)C(C)(C)C)C1. The molecule has 1 aliphatic carbocycles. The summed E-state index contributed by atoms with van der Waals surface area (Å²) in [7, 11) is 1.33. The van der Waals surface area contributed by atoms with E-state index in [0.29, 0.717) is 13.0 Å². The number of methoxy groups -OCH3 is 1. The zero-order valence-corrected chi connectivity index (χ0v) is 23.4. The predicted octanol–water partition coefficient (Wildman–Crippen LogP) is 2.88. The Hall–Kier alpha value is -3.04. The van der Waals surface area contributed by atoms with Gasteiger partial charge in [-0.3, -0.25) is 19.4 Å². The van der Waals surface area contributed by atoms with E-state index in [9.17, 15) is 19.2 Å². The molecule has 4 atom stereocenters. The molecule has 2 aliphatic rings. The van der Waals surface area contributed by atoms with E-state index < -0.39 is 41.3 Å². The van der Waals surface area contributed by atoms with E-state index in [1.54, 1.807) is 4.90 Å². The van der Waals surface area contributed by atoms with Crippen molar-refractivity contribution < 1.29 is 23.9 Å². The van der Waals surface area contributed by atoms with E-state index in [1.807, 2.05) is 20.8 Å². The number of likely N-dealkylation sites (tertiary alicyclic amines) is 1. The van der Waals surface area contributed by atoms with Gasteiger partial charge in [0.15, 0.2) is 0 Å². The fraction of sp³-hybridized carbons (Fsp3) is 0.714. The largest absolute Gasteiger partial charge is 0.467 e. The van der Waals surface area contributed by atoms with Gasteiger partial charge >= 0.3 is 5.97 Å². The van der Waals surface area contributed by atoms with Crippen LogP contribution in [0, 0.1) is 17.3 Å². The molecule has 1 aromatic rings. The summed E-state index contributed by atoms with van der Waals surface area (Å²) < 4.78 is 5.01. The van der Waals surface area contributed by atoms with Crippen LogP contribution in [0.15, 0.2) is 18.6 Å². The first kappa shape index (κ1) is 29.5. The number of nitrogens with zero attached hydrogens (tertiary/aromatic N) is 3. The summed E-state index contributed by atoms with van der Waals surface area (Å²) >= 11 is 0. The van der Waals surface area contributed by atoms with Crippen LogP contribution in [-0.2, 0) is 19.1 Å². The van der Waals surface area contributed by atoms with Gasteiger partial charge < -0.3 is 20.3 Å². The van der Waals surface area contributed by atoms with Crippen LogP contribution >= 0.6 is 0 Å². The quantitative estimate of drug-likeness (QED) is 0.470. The summed E-state index contributed by atoms with van der Waals surface area (Å²) in [5, 5.41) is 5.85. The number of hydrogen-bond donors (Lipinski definition) is 2. The maximum absolute atomic E-state index is 13.9. The van der Waals surface area contributed by atoms with Crippen LogP contribution in [-0.4, -0.2) is 70.3 Å². The summed E-state index contributed by atoms with van der Waals surface area (Å²) in [5.74, 6) is -1.47. The fourth-order valence-corrected chi connectivity index (χ4v) is 5.69. The molecule has 1 saturated heterocycles. The van der Waals surface area contributed by atoms with E-state index in [0.717, 1.165) is 44.9 Å². The summed E-state index contributed by atoms with van der Waals surface area (Å²) in [6.45, 7) is 8.18. The molecule has 1 aromatic heterocycles. The molecule has 0 bridgehead atoms. The molecule has 3 rings (SSSR count). The number of amides is 3. The third kappa shape index (κ3) is 7.29. The van der Waals surface area contributed by atoms with Crippen molar-refractivity contribution in [3.8, 4) is 0 Å². The second kappa shape index (κ2) is 13.2. The third-order valence-corrected chi connectivity index (χ3v) is 7.73. The molecule has 0 spiro atoms. The Morgan fingerprint density at radius 3 is 2.39 bits per heavy atom. The summed E-state index contributed by atoms with van der Waals surface area (Å²) in [5.41, 5.74) is -0.507. The zero-order valence-electron chi connectivity index (χ0n) is 23.4. The number of hydrogen-bond acceptors (Lipinski definition) is 7. The lowest BCUT2D eigenvalue weighted by Gasteiger charge is -2.37. The maximum atomic E-state index is 13.9. The van der Waals surface area contributed by atoms with Gasteiger partial charge in [-0.15, -0.1) is 0 Å². The van der Waals surface area contributed by atoms with Gasteiger partial charge in [0.2, 0.25) is 11.8 Å². The van der Waals surface area contributed by atoms with Crippen LogP contribution < -0.4 is 10.6 Å². The molecule has 0 unspecified atom stereocenters. The van der Waals surface area contributed by atoms with Crippen molar-refractivity contribution >= 4 is 23.7 Å². The number of rotatable bonds is 9. The molecule has 10 nitrogen and oxygen atoms in total. The van der Waals surface area contributed by atoms with E-state index in [-0.39, 0.29) is 23.4 Å². The smallest absolute Gasteiger partial charge is 0.328 e. The van der Waals surface area contributed by atoms with Crippen molar-refractivity contribution in [3.05, 3.63) is 24.3 Å². The molecular weight excluding hydrogens is 486 g/mol. The summed E-state index contributed by atoms with van der Waals surface area (Å²) in [6, 6.07) is -2.37. The average Bonchev–Trinajstić information content (AvgIpc) is 3.33. The minimum absolute atomic E-state index is 0.0522. The molecule has 2 fully saturated rings. The van der Waals surface area contributed by atoms with Crippen molar-refractivity contribution in [2.45, 2.75) is 97.2 Å². The minimum Gasteiger partial charge on any atom is -0.467 e.